The smallest absolute Gasteiger partial charge is 0.233 e. The first-order chi connectivity index (χ1) is 10.4. The average Bonchev–Trinajstić information content (AvgIpc) is 2.90. The number of nitrogens with two attached hydrogens (primary N) is 1. The predicted octanol–water partition coefficient (Wildman–Crippen LogP) is -0.0389. The molecule has 0 saturated carbocycles. The summed E-state index contributed by atoms with van der Waals surface area (Å²) in [5, 5.41) is 10.5. The molecule has 0 radical (unpaired) electrons. The van der Waals surface area contributed by atoms with Crippen molar-refractivity contribution < 1.29 is 9.13 Å². The lowest BCUT2D eigenvalue weighted by atomic mass is 9.86. The Labute approximate surface area is 128 Å². The first-order valence-electron chi connectivity index (χ1n) is 6.68. The second-order valence-corrected chi connectivity index (χ2v) is 5.41. The van der Waals surface area contributed by atoms with Crippen LogP contribution in [0.25, 0.3) is 0 Å². The van der Waals surface area contributed by atoms with Crippen molar-refractivity contribution in [3.8, 4) is 0 Å². The zero-order valence-corrected chi connectivity index (χ0v) is 12.7. The van der Waals surface area contributed by atoms with E-state index < -0.39 is 17.6 Å². The van der Waals surface area contributed by atoms with Gasteiger partial charge in [0.1, 0.15) is 19.4 Å². The van der Waals surface area contributed by atoms with E-state index in [4.69, 9.17) is 10.5 Å². The van der Waals surface area contributed by atoms with E-state index in [0.29, 0.717) is 11.3 Å². The minimum atomic E-state index is -1.04. The maximum Gasteiger partial charge on any atom is 0.233 e. The summed E-state index contributed by atoms with van der Waals surface area (Å²) in [7, 11) is 3.21. The van der Waals surface area contributed by atoms with E-state index >= 15 is 0 Å². The summed E-state index contributed by atoms with van der Waals surface area (Å²) in [6, 6.07) is 4.74. The molecular formula is C13H17BFN5O2. The lowest BCUT2D eigenvalue weighted by Gasteiger charge is -2.27. The zero-order valence-electron chi connectivity index (χ0n) is 12.7. The van der Waals surface area contributed by atoms with Gasteiger partial charge in [-0.3, -0.25) is 0 Å². The number of hydrogen-bond acceptors (Lipinski definition) is 6. The molecule has 2 aromatic rings. The van der Waals surface area contributed by atoms with Gasteiger partial charge < -0.3 is 10.5 Å². The van der Waals surface area contributed by atoms with Gasteiger partial charge in [-0.05, 0) is 18.2 Å². The van der Waals surface area contributed by atoms with Crippen molar-refractivity contribution in [1.82, 2.24) is 15.0 Å². The monoisotopic (exact) mass is 305 g/mol. The van der Waals surface area contributed by atoms with Gasteiger partial charge in [-0.15, -0.1) is 10.0 Å². The Morgan fingerprint density at radius 2 is 2.32 bits per heavy atom. The zero-order chi connectivity index (χ0) is 16.3. The number of halogens is 1. The van der Waals surface area contributed by atoms with Crippen LogP contribution in [0, 0.1) is 10.7 Å². The van der Waals surface area contributed by atoms with Gasteiger partial charge in [-0.2, -0.15) is 0 Å². The minimum absolute atomic E-state index is 0.123. The lowest BCUT2D eigenvalue weighted by Crippen LogP contribution is -2.40. The van der Waals surface area contributed by atoms with Crippen molar-refractivity contribution in [2.24, 2.45) is 10.9 Å². The summed E-state index contributed by atoms with van der Waals surface area (Å²) in [4.78, 5) is 10.8. The molecule has 2 N–H and O–H groups in total. The minimum Gasteiger partial charge on any atom is -0.351 e. The van der Waals surface area contributed by atoms with Gasteiger partial charge in [0, 0.05) is 12.7 Å². The highest BCUT2D eigenvalue weighted by Crippen LogP contribution is 2.24. The van der Waals surface area contributed by atoms with Crippen LogP contribution < -0.4 is 11.2 Å². The predicted molar refractivity (Wildman–Crippen MR) is 81.7 cm³/mol. The first kappa shape index (κ1) is 16.2. The molecule has 1 unspecified atom stereocenters. The van der Waals surface area contributed by atoms with Gasteiger partial charge >= 0.3 is 0 Å². The standard InChI is InChI=1S/C13H17BFN5O2/c1-13(16,9-5-8(14)3-4-10(9)15)7-20-11(6-17-19-20)12(18-21)22-2/h3-6,12H,7,14,16H2,1-2H3/t12?,13-/m0/s1. The average molecular weight is 305 g/mol. The highest BCUT2D eigenvalue weighted by molar-refractivity contribution is 6.32. The Morgan fingerprint density at radius 3 is 2.95 bits per heavy atom. The summed E-state index contributed by atoms with van der Waals surface area (Å²) in [5.41, 5.74) is 6.86. The van der Waals surface area contributed by atoms with Crippen LogP contribution in [-0.4, -0.2) is 29.9 Å². The highest BCUT2D eigenvalue weighted by Gasteiger charge is 2.28. The molecule has 7 nitrogen and oxygen atoms in total. The fraction of sp³-hybridized carbons (Fsp3) is 0.385. The Bertz CT molecular complexity index is 676. The molecule has 0 aliphatic heterocycles. The number of methoxy groups -OCH3 is 1. The molecule has 0 saturated heterocycles. The van der Waals surface area contributed by atoms with Crippen LogP contribution in [0.1, 0.15) is 24.4 Å². The topological polar surface area (TPSA) is 95.4 Å². The summed E-state index contributed by atoms with van der Waals surface area (Å²) in [5.74, 6) is -0.394. The fourth-order valence-corrected chi connectivity index (χ4v) is 2.27. The molecule has 0 fully saturated rings. The molecule has 0 aliphatic carbocycles. The third-order valence-corrected chi connectivity index (χ3v) is 3.44. The van der Waals surface area contributed by atoms with E-state index in [2.05, 4.69) is 15.5 Å². The van der Waals surface area contributed by atoms with Gasteiger partial charge in [-0.25, -0.2) is 9.07 Å². The number of rotatable bonds is 6. The van der Waals surface area contributed by atoms with Crippen molar-refractivity contribution >= 4 is 13.3 Å². The van der Waals surface area contributed by atoms with Gasteiger partial charge in [-0.1, -0.05) is 22.8 Å². The SMILES string of the molecule is Bc1ccc(F)c([C@@](C)(N)Cn2nncc2C(N=O)OC)c1. The second kappa shape index (κ2) is 6.33. The maximum atomic E-state index is 14.1. The fourth-order valence-electron chi connectivity index (χ4n) is 2.27. The number of hydrogen-bond donors (Lipinski definition) is 1. The Hall–Kier alpha value is -2.13. The highest BCUT2D eigenvalue weighted by atomic mass is 19.1. The molecule has 2 rings (SSSR count). The summed E-state index contributed by atoms with van der Waals surface area (Å²) < 4.78 is 20.4. The van der Waals surface area contributed by atoms with Crippen molar-refractivity contribution in [2.75, 3.05) is 7.11 Å². The van der Waals surface area contributed by atoms with E-state index in [0.717, 1.165) is 5.46 Å². The molecule has 22 heavy (non-hydrogen) atoms. The summed E-state index contributed by atoms with van der Waals surface area (Å²) in [6.07, 6.45) is 0.339. The Morgan fingerprint density at radius 1 is 1.59 bits per heavy atom. The molecule has 9 heteroatoms. The molecule has 116 valence electrons. The van der Waals surface area contributed by atoms with E-state index in [1.54, 1.807) is 19.1 Å². The van der Waals surface area contributed by atoms with E-state index in [1.807, 2.05) is 7.85 Å². The summed E-state index contributed by atoms with van der Waals surface area (Å²) >= 11 is 0. The van der Waals surface area contributed by atoms with Gasteiger partial charge in [0.25, 0.3) is 0 Å². The molecule has 0 amide bonds. The maximum absolute atomic E-state index is 14.1. The van der Waals surface area contributed by atoms with Crippen molar-refractivity contribution in [3.63, 3.8) is 0 Å². The quantitative estimate of drug-likeness (QED) is 0.597. The van der Waals surface area contributed by atoms with Crippen LogP contribution in [0.4, 0.5) is 4.39 Å². The molecule has 0 bridgehead atoms. The molecule has 1 aromatic heterocycles. The third-order valence-electron chi connectivity index (χ3n) is 3.44. The first-order valence-corrected chi connectivity index (χ1v) is 6.68. The van der Waals surface area contributed by atoms with Crippen molar-refractivity contribution in [2.45, 2.75) is 25.2 Å². The molecule has 0 spiro atoms. The Kier molecular flexibility index (Phi) is 4.67. The van der Waals surface area contributed by atoms with Crippen LogP contribution in [-0.2, 0) is 16.8 Å². The van der Waals surface area contributed by atoms with Crippen LogP contribution in [0.5, 0.6) is 0 Å². The van der Waals surface area contributed by atoms with Crippen molar-refractivity contribution in [3.05, 3.63) is 46.4 Å². The van der Waals surface area contributed by atoms with Crippen LogP contribution >= 0.6 is 0 Å². The number of ether oxygens (including phenoxy) is 1. The van der Waals surface area contributed by atoms with E-state index in [1.165, 1.54) is 24.1 Å². The molecule has 0 aliphatic rings. The van der Waals surface area contributed by atoms with Crippen LogP contribution in [0.2, 0.25) is 0 Å². The van der Waals surface area contributed by atoms with Gasteiger partial charge in [0.2, 0.25) is 6.23 Å². The third kappa shape index (κ3) is 3.20. The van der Waals surface area contributed by atoms with E-state index in [-0.39, 0.29) is 6.54 Å². The number of aromatic nitrogens is 3. The van der Waals surface area contributed by atoms with Crippen molar-refractivity contribution in [1.29, 1.82) is 0 Å². The van der Waals surface area contributed by atoms with Gasteiger partial charge in [0.05, 0.1) is 18.3 Å². The van der Waals surface area contributed by atoms with Crippen LogP contribution in [0.3, 0.4) is 0 Å². The summed E-state index contributed by atoms with van der Waals surface area (Å²) in [6.45, 7) is 1.81. The van der Waals surface area contributed by atoms with Gasteiger partial charge in [0.15, 0.2) is 0 Å². The molecular weight excluding hydrogens is 288 g/mol. The number of benzene rings is 1. The van der Waals surface area contributed by atoms with Crippen LogP contribution in [0.15, 0.2) is 29.6 Å². The van der Waals surface area contributed by atoms with E-state index in [9.17, 15) is 9.30 Å². The Balaban J connectivity index is 2.35. The normalized spacial score (nSPS) is 15.3. The number of nitroso groups, excluding NO2 is 1. The number of nitrogens with zero attached hydrogens (tertiary/aromatic N) is 4. The molecule has 1 heterocycles. The second-order valence-electron chi connectivity index (χ2n) is 5.41. The lowest BCUT2D eigenvalue weighted by molar-refractivity contribution is 0.100. The molecule has 2 atom stereocenters. The molecule has 1 aromatic carbocycles. The largest absolute Gasteiger partial charge is 0.351 e.